The summed E-state index contributed by atoms with van der Waals surface area (Å²) in [7, 11) is 0. The van der Waals surface area contributed by atoms with Gasteiger partial charge in [0.25, 0.3) is 5.91 Å². The van der Waals surface area contributed by atoms with Crippen molar-refractivity contribution in [3.05, 3.63) is 21.9 Å². The van der Waals surface area contributed by atoms with Crippen molar-refractivity contribution >= 4 is 33.2 Å². The molecule has 1 aromatic heterocycles. The van der Waals surface area contributed by atoms with Crippen LogP contribution in [0.5, 0.6) is 0 Å². The van der Waals surface area contributed by atoms with Gasteiger partial charge in [-0.25, -0.2) is 0 Å². The summed E-state index contributed by atoms with van der Waals surface area (Å²) in [4.78, 5) is 15.1. The second-order valence-electron chi connectivity index (χ2n) is 3.56. The standard InChI is InChI=1S/C12H18BrNOS/c1-3-10-6-9-16-11(10)12(15)14(4-2)8-5-7-13/h6,9H,3-5,7-8H2,1-2H3. The number of aryl methyl sites for hydroxylation is 1. The summed E-state index contributed by atoms with van der Waals surface area (Å²) in [6.07, 6.45) is 1.94. The Bertz CT molecular complexity index is 338. The number of hydrogen-bond acceptors (Lipinski definition) is 2. The molecule has 4 heteroatoms. The first-order valence-corrected chi connectivity index (χ1v) is 7.66. The molecule has 0 radical (unpaired) electrons. The highest BCUT2D eigenvalue weighted by molar-refractivity contribution is 9.09. The van der Waals surface area contributed by atoms with Crippen LogP contribution in [-0.4, -0.2) is 29.2 Å². The first-order chi connectivity index (χ1) is 7.74. The molecule has 0 bridgehead atoms. The predicted molar refractivity (Wildman–Crippen MR) is 73.7 cm³/mol. The molecule has 1 rings (SSSR count). The number of halogens is 1. The molecule has 0 aliphatic carbocycles. The Balaban J connectivity index is 2.74. The summed E-state index contributed by atoms with van der Waals surface area (Å²) in [5.74, 6) is 0.190. The quantitative estimate of drug-likeness (QED) is 0.736. The van der Waals surface area contributed by atoms with Gasteiger partial charge in [-0.15, -0.1) is 11.3 Å². The molecule has 0 aliphatic heterocycles. The zero-order valence-electron chi connectivity index (χ0n) is 9.83. The molecular weight excluding hydrogens is 286 g/mol. The number of carbonyl (C=O) groups excluding carboxylic acids is 1. The highest BCUT2D eigenvalue weighted by Gasteiger charge is 2.17. The minimum absolute atomic E-state index is 0.190. The number of carbonyl (C=O) groups is 1. The molecular formula is C12H18BrNOS. The Labute approximate surface area is 110 Å². The third kappa shape index (κ3) is 3.32. The van der Waals surface area contributed by atoms with Crippen molar-refractivity contribution in [3.8, 4) is 0 Å². The third-order valence-corrected chi connectivity index (χ3v) is 4.06. The van der Waals surface area contributed by atoms with Crippen LogP contribution >= 0.6 is 27.3 Å². The van der Waals surface area contributed by atoms with Crippen LogP contribution in [0.2, 0.25) is 0 Å². The molecule has 0 saturated heterocycles. The molecule has 0 N–H and O–H groups in total. The van der Waals surface area contributed by atoms with E-state index in [1.807, 2.05) is 17.2 Å². The first kappa shape index (κ1) is 13.7. The maximum absolute atomic E-state index is 12.2. The van der Waals surface area contributed by atoms with Gasteiger partial charge in [0.15, 0.2) is 0 Å². The molecule has 0 aliphatic rings. The zero-order chi connectivity index (χ0) is 12.0. The van der Waals surface area contributed by atoms with E-state index in [9.17, 15) is 4.79 Å². The SMILES string of the molecule is CCc1ccsc1C(=O)N(CC)CCCBr. The minimum atomic E-state index is 0.190. The van der Waals surface area contributed by atoms with Gasteiger partial charge in [0.2, 0.25) is 0 Å². The monoisotopic (exact) mass is 303 g/mol. The fourth-order valence-corrected chi connectivity index (χ4v) is 2.81. The molecule has 0 saturated carbocycles. The van der Waals surface area contributed by atoms with Gasteiger partial charge in [0.1, 0.15) is 0 Å². The highest BCUT2D eigenvalue weighted by atomic mass is 79.9. The molecule has 1 heterocycles. The summed E-state index contributed by atoms with van der Waals surface area (Å²) < 4.78 is 0. The van der Waals surface area contributed by atoms with Gasteiger partial charge in [0.05, 0.1) is 4.88 Å². The van der Waals surface area contributed by atoms with E-state index in [1.165, 1.54) is 5.56 Å². The van der Waals surface area contributed by atoms with Crippen LogP contribution in [0.3, 0.4) is 0 Å². The van der Waals surface area contributed by atoms with Crippen molar-refractivity contribution in [1.29, 1.82) is 0 Å². The van der Waals surface area contributed by atoms with Gasteiger partial charge in [-0.1, -0.05) is 22.9 Å². The average molecular weight is 304 g/mol. The topological polar surface area (TPSA) is 20.3 Å². The summed E-state index contributed by atoms with van der Waals surface area (Å²) in [6.45, 7) is 5.74. The Morgan fingerprint density at radius 3 is 2.81 bits per heavy atom. The molecule has 0 atom stereocenters. The molecule has 1 amide bonds. The van der Waals surface area contributed by atoms with E-state index in [0.717, 1.165) is 36.1 Å². The Hall–Kier alpha value is -0.350. The van der Waals surface area contributed by atoms with Crippen molar-refractivity contribution in [2.45, 2.75) is 26.7 Å². The highest BCUT2D eigenvalue weighted by Crippen LogP contribution is 2.19. The number of nitrogens with zero attached hydrogens (tertiary/aromatic N) is 1. The fraction of sp³-hybridized carbons (Fsp3) is 0.583. The van der Waals surface area contributed by atoms with Crippen LogP contribution in [-0.2, 0) is 6.42 Å². The van der Waals surface area contributed by atoms with Gasteiger partial charge in [-0.3, -0.25) is 4.79 Å². The van der Waals surface area contributed by atoms with E-state index >= 15 is 0 Å². The summed E-state index contributed by atoms with van der Waals surface area (Å²) in [5.41, 5.74) is 1.17. The lowest BCUT2D eigenvalue weighted by Gasteiger charge is -2.20. The van der Waals surface area contributed by atoms with Crippen LogP contribution in [0.25, 0.3) is 0 Å². The van der Waals surface area contributed by atoms with Gasteiger partial charge in [-0.05, 0) is 36.8 Å². The zero-order valence-corrected chi connectivity index (χ0v) is 12.2. The largest absolute Gasteiger partial charge is 0.338 e. The molecule has 0 spiro atoms. The minimum Gasteiger partial charge on any atom is -0.338 e. The maximum atomic E-state index is 12.2. The molecule has 0 unspecified atom stereocenters. The lowest BCUT2D eigenvalue weighted by atomic mass is 10.2. The van der Waals surface area contributed by atoms with E-state index < -0.39 is 0 Å². The van der Waals surface area contributed by atoms with E-state index in [-0.39, 0.29) is 5.91 Å². The van der Waals surface area contributed by atoms with Gasteiger partial charge in [-0.2, -0.15) is 0 Å². The van der Waals surface area contributed by atoms with Crippen molar-refractivity contribution in [2.75, 3.05) is 18.4 Å². The lowest BCUT2D eigenvalue weighted by molar-refractivity contribution is 0.0769. The molecule has 16 heavy (non-hydrogen) atoms. The summed E-state index contributed by atoms with van der Waals surface area (Å²) in [6, 6.07) is 2.05. The second kappa shape index (κ2) is 7.07. The number of rotatable bonds is 6. The molecule has 1 aromatic rings. The number of hydrogen-bond donors (Lipinski definition) is 0. The smallest absolute Gasteiger partial charge is 0.264 e. The van der Waals surface area contributed by atoms with E-state index in [0.29, 0.717) is 0 Å². The molecule has 0 fully saturated rings. The fourth-order valence-electron chi connectivity index (χ4n) is 1.60. The number of amides is 1. The first-order valence-electron chi connectivity index (χ1n) is 5.66. The van der Waals surface area contributed by atoms with Gasteiger partial charge >= 0.3 is 0 Å². The van der Waals surface area contributed by atoms with Crippen LogP contribution in [0, 0.1) is 0 Å². The normalized spacial score (nSPS) is 10.4. The van der Waals surface area contributed by atoms with E-state index in [4.69, 9.17) is 0 Å². The van der Waals surface area contributed by atoms with Gasteiger partial charge in [0, 0.05) is 18.4 Å². The van der Waals surface area contributed by atoms with Crippen molar-refractivity contribution in [2.24, 2.45) is 0 Å². The van der Waals surface area contributed by atoms with Crippen molar-refractivity contribution in [3.63, 3.8) is 0 Å². The summed E-state index contributed by atoms with van der Waals surface area (Å²) in [5, 5.41) is 2.95. The van der Waals surface area contributed by atoms with Crippen LogP contribution < -0.4 is 0 Å². The van der Waals surface area contributed by atoms with Crippen LogP contribution in [0.4, 0.5) is 0 Å². The number of thiophene rings is 1. The Morgan fingerprint density at radius 1 is 1.50 bits per heavy atom. The predicted octanol–water partition coefficient (Wildman–Crippen LogP) is 3.56. The number of alkyl halides is 1. The van der Waals surface area contributed by atoms with E-state index in [1.54, 1.807) is 11.3 Å². The molecule has 2 nitrogen and oxygen atoms in total. The molecule has 90 valence electrons. The van der Waals surface area contributed by atoms with Crippen LogP contribution in [0.15, 0.2) is 11.4 Å². The summed E-state index contributed by atoms with van der Waals surface area (Å²) >= 11 is 4.95. The van der Waals surface area contributed by atoms with Crippen molar-refractivity contribution in [1.82, 2.24) is 4.90 Å². The lowest BCUT2D eigenvalue weighted by Crippen LogP contribution is -2.31. The van der Waals surface area contributed by atoms with Crippen molar-refractivity contribution < 1.29 is 4.79 Å². The Morgan fingerprint density at radius 2 is 2.25 bits per heavy atom. The molecule has 0 aromatic carbocycles. The Kier molecular flexibility index (Phi) is 6.06. The second-order valence-corrected chi connectivity index (χ2v) is 5.26. The average Bonchev–Trinajstić information content (AvgIpc) is 2.77. The van der Waals surface area contributed by atoms with Gasteiger partial charge < -0.3 is 4.90 Å². The maximum Gasteiger partial charge on any atom is 0.264 e. The van der Waals surface area contributed by atoms with Crippen LogP contribution in [0.1, 0.15) is 35.5 Å². The van der Waals surface area contributed by atoms with E-state index in [2.05, 4.69) is 28.9 Å². The third-order valence-electron chi connectivity index (χ3n) is 2.55.